The Bertz CT molecular complexity index is 557. The molecule has 0 fully saturated rings. The highest BCUT2D eigenvalue weighted by Gasteiger charge is 2.21. The Morgan fingerprint density at radius 3 is 1.39 bits per heavy atom. The van der Waals surface area contributed by atoms with Gasteiger partial charge in [-0.1, -0.05) is 23.2 Å². The number of nitrogens with zero attached hydrogens (tertiary/aromatic N) is 1. The highest BCUT2D eigenvalue weighted by Crippen LogP contribution is 2.28. The molecule has 2 rings (SSSR count). The minimum absolute atomic E-state index is 0.110. The van der Waals surface area contributed by atoms with Crippen LogP contribution in [-0.4, -0.2) is 22.2 Å². The summed E-state index contributed by atoms with van der Waals surface area (Å²) in [5.41, 5.74) is 0.110. The number of halogens is 2. The van der Waals surface area contributed by atoms with E-state index < -0.39 is 0 Å². The fraction of sp³-hybridized carbons (Fsp3) is 0.333. The van der Waals surface area contributed by atoms with E-state index in [1.54, 1.807) is 0 Å². The number of benzene rings is 2. The van der Waals surface area contributed by atoms with E-state index in [0.717, 1.165) is 21.8 Å². The molecule has 0 saturated carbocycles. The van der Waals surface area contributed by atoms with Gasteiger partial charge in [-0.25, -0.2) is 0 Å². The normalized spacial score (nSPS) is 11.9. The molecule has 1 nitrogen and oxygen atoms in total. The summed E-state index contributed by atoms with van der Waals surface area (Å²) in [6.45, 7) is 6.74. The molecule has 0 heterocycles. The third-order valence-corrected chi connectivity index (χ3v) is 5.95. The van der Waals surface area contributed by atoms with Crippen molar-refractivity contribution in [3.63, 3.8) is 0 Å². The summed E-state index contributed by atoms with van der Waals surface area (Å²) in [4.78, 5) is 4.94. The molecule has 0 amide bonds. The summed E-state index contributed by atoms with van der Waals surface area (Å²) in [6.07, 6.45) is 0. The molecule has 0 N–H and O–H groups in total. The van der Waals surface area contributed by atoms with Crippen molar-refractivity contribution >= 4 is 46.7 Å². The number of hydrogen-bond donors (Lipinski definition) is 0. The molecule has 0 unspecified atom stereocenters. The predicted molar refractivity (Wildman–Crippen MR) is 106 cm³/mol. The summed E-state index contributed by atoms with van der Waals surface area (Å²) in [5, 5.41) is 1.56. The van der Waals surface area contributed by atoms with E-state index in [-0.39, 0.29) is 5.54 Å². The third-order valence-electron chi connectivity index (χ3n) is 3.35. The van der Waals surface area contributed by atoms with Crippen LogP contribution in [0.3, 0.4) is 0 Å². The van der Waals surface area contributed by atoms with Gasteiger partial charge in [0.05, 0.1) is 11.8 Å². The summed E-state index contributed by atoms with van der Waals surface area (Å²) >= 11 is 15.6. The van der Waals surface area contributed by atoms with Gasteiger partial charge in [-0.3, -0.25) is 4.90 Å². The Balaban J connectivity index is 1.94. The van der Waals surface area contributed by atoms with Crippen molar-refractivity contribution < 1.29 is 0 Å². The van der Waals surface area contributed by atoms with Gasteiger partial charge in [0.1, 0.15) is 0 Å². The van der Waals surface area contributed by atoms with Crippen molar-refractivity contribution in [3.8, 4) is 0 Å². The van der Waals surface area contributed by atoms with Crippen LogP contribution in [0.1, 0.15) is 20.8 Å². The van der Waals surface area contributed by atoms with Gasteiger partial charge in [0.2, 0.25) is 0 Å². The van der Waals surface area contributed by atoms with Crippen LogP contribution < -0.4 is 0 Å². The quantitative estimate of drug-likeness (QED) is 0.393. The molecule has 2 aromatic rings. The Morgan fingerprint density at radius 2 is 1.09 bits per heavy atom. The smallest absolute Gasteiger partial charge is 0.0505 e. The van der Waals surface area contributed by atoms with Gasteiger partial charge < -0.3 is 0 Å². The topological polar surface area (TPSA) is 3.24 Å². The Kier molecular flexibility index (Phi) is 7.18. The molecule has 0 radical (unpaired) electrons. The lowest BCUT2D eigenvalue weighted by molar-refractivity contribution is 0.199. The SMILES string of the molecule is CC(C)(C)N(CSc1ccc(Cl)cc1)CSc1ccc(Cl)cc1. The summed E-state index contributed by atoms with van der Waals surface area (Å²) in [5.74, 6) is 1.87. The van der Waals surface area contributed by atoms with E-state index in [1.807, 2.05) is 47.8 Å². The number of hydrogen-bond acceptors (Lipinski definition) is 3. The second-order valence-electron chi connectivity index (χ2n) is 6.17. The summed E-state index contributed by atoms with van der Waals surface area (Å²) < 4.78 is 0. The minimum Gasteiger partial charge on any atom is -0.279 e. The van der Waals surface area contributed by atoms with Gasteiger partial charge in [-0.15, -0.1) is 23.5 Å². The highest BCUT2D eigenvalue weighted by molar-refractivity contribution is 8.00. The summed E-state index contributed by atoms with van der Waals surface area (Å²) in [6, 6.07) is 16.0. The first-order chi connectivity index (χ1) is 10.8. The summed E-state index contributed by atoms with van der Waals surface area (Å²) in [7, 11) is 0. The molecule has 0 spiro atoms. The zero-order chi connectivity index (χ0) is 16.9. The molecule has 0 aromatic heterocycles. The van der Waals surface area contributed by atoms with Crippen molar-refractivity contribution in [3.05, 3.63) is 58.6 Å². The van der Waals surface area contributed by atoms with Crippen LogP contribution in [0.4, 0.5) is 0 Å². The lowest BCUT2D eigenvalue weighted by Crippen LogP contribution is -2.40. The highest BCUT2D eigenvalue weighted by atomic mass is 35.5. The number of rotatable bonds is 6. The van der Waals surface area contributed by atoms with E-state index >= 15 is 0 Å². The third kappa shape index (κ3) is 6.60. The first kappa shape index (κ1) is 19.0. The average molecular weight is 386 g/mol. The van der Waals surface area contributed by atoms with Gasteiger partial charge in [0.25, 0.3) is 0 Å². The van der Waals surface area contributed by atoms with Crippen LogP contribution in [0.15, 0.2) is 58.3 Å². The largest absolute Gasteiger partial charge is 0.279 e. The zero-order valence-electron chi connectivity index (χ0n) is 13.6. The van der Waals surface area contributed by atoms with Crippen molar-refractivity contribution in [2.24, 2.45) is 0 Å². The fourth-order valence-electron chi connectivity index (χ4n) is 1.79. The maximum absolute atomic E-state index is 5.94. The lowest BCUT2D eigenvalue weighted by Gasteiger charge is -2.35. The molecule has 2 aromatic carbocycles. The minimum atomic E-state index is 0.110. The van der Waals surface area contributed by atoms with Crippen LogP contribution in [0.2, 0.25) is 10.0 Å². The molecule has 5 heteroatoms. The van der Waals surface area contributed by atoms with Gasteiger partial charge in [0, 0.05) is 25.4 Å². The van der Waals surface area contributed by atoms with E-state index in [0.29, 0.717) is 0 Å². The number of thioether (sulfide) groups is 2. The van der Waals surface area contributed by atoms with Crippen LogP contribution in [-0.2, 0) is 0 Å². The van der Waals surface area contributed by atoms with Crippen LogP contribution in [0.5, 0.6) is 0 Å². The maximum atomic E-state index is 5.94. The first-order valence-corrected chi connectivity index (χ1v) is 10.1. The monoisotopic (exact) mass is 385 g/mol. The van der Waals surface area contributed by atoms with Crippen LogP contribution in [0, 0.1) is 0 Å². The van der Waals surface area contributed by atoms with Crippen LogP contribution >= 0.6 is 46.7 Å². The van der Waals surface area contributed by atoms with Crippen LogP contribution in [0.25, 0.3) is 0 Å². The van der Waals surface area contributed by atoms with Gasteiger partial charge in [-0.05, 0) is 69.3 Å². The van der Waals surface area contributed by atoms with Crippen molar-refractivity contribution in [1.82, 2.24) is 4.90 Å². The van der Waals surface area contributed by atoms with Gasteiger partial charge in [0.15, 0.2) is 0 Å². The standard InChI is InChI=1S/C18H21Cl2NS2/c1-18(2,3)21(12-22-16-8-4-14(19)5-9-16)13-23-17-10-6-15(20)7-11-17/h4-11H,12-13H2,1-3H3. The van der Waals surface area contributed by atoms with Gasteiger partial charge in [-0.2, -0.15) is 0 Å². The Morgan fingerprint density at radius 1 is 0.739 bits per heavy atom. The Labute approximate surface area is 157 Å². The molecule has 23 heavy (non-hydrogen) atoms. The molecule has 0 aliphatic rings. The average Bonchev–Trinajstić information content (AvgIpc) is 2.49. The van der Waals surface area contributed by atoms with E-state index in [9.17, 15) is 0 Å². The molecule has 0 aliphatic heterocycles. The van der Waals surface area contributed by atoms with E-state index in [4.69, 9.17) is 23.2 Å². The Hall–Kier alpha value is -0.320. The van der Waals surface area contributed by atoms with E-state index in [1.165, 1.54) is 9.79 Å². The lowest BCUT2D eigenvalue weighted by atomic mass is 10.1. The zero-order valence-corrected chi connectivity index (χ0v) is 16.7. The molecule has 0 atom stereocenters. The molecular weight excluding hydrogens is 365 g/mol. The second-order valence-corrected chi connectivity index (χ2v) is 9.07. The van der Waals surface area contributed by atoms with Crippen molar-refractivity contribution in [2.75, 3.05) is 11.8 Å². The molecule has 124 valence electrons. The fourth-order valence-corrected chi connectivity index (χ4v) is 4.38. The molecule has 0 saturated heterocycles. The first-order valence-electron chi connectivity index (χ1n) is 7.36. The molecule has 0 bridgehead atoms. The maximum Gasteiger partial charge on any atom is 0.0505 e. The van der Waals surface area contributed by atoms with Gasteiger partial charge >= 0.3 is 0 Å². The predicted octanol–water partition coefficient (Wildman–Crippen LogP) is 6.89. The van der Waals surface area contributed by atoms with Crippen molar-refractivity contribution in [1.29, 1.82) is 0 Å². The molecule has 0 aliphatic carbocycles. The second kappa shape index (κ2) is 8.68. The van der Waals surface area contributed by atoms with Crippen molar-refractivity contribution in [2.45, 2.75) is 36.1 Å². The molecular formula is C18H21Cl2NS2. The van der Waals surface area contributed by atoms with E-state index in [2.05, 4.69) is 49.9 Å².